The van der Waals surface area contributed by atoms with Crippen molar-refractivity contribution >= 4 is 5.91 Å². The molecule has 1 atom stereocenters. The van der Waals surface area contributed by atoms with Gasteiger partial charge in [0.05, 0.1) is 0 Å². The number of hydrogen-bond acceptors (Lipinski definition) is 2. The van der Waals surface area contributed by atoms with Crippen LogP contribution < -0.4 is 5.32 Å². The topological polar surface area (TPSA) is 32.3 Å². The van der Waals surface area contributed by atoms with Crippen LogP contribution >= 0.6 is 0 Å². The van der Waals surface area contributed by atoms with Gasteiger partial charge in [-0.2, -0.15) is 0 Å². The van der Waals surface area contributed by atoms with Crippen LogP contribution in [-0.2, 0) is 4.79 Å². The van der Waals surface area contributed by atoms with Crippen molar-refractivity contribution in [3.63, 3.8) is 0 Å². The third kappa shape index (κ3) is 4.27. The van der Waals surface area contributed by atoms with Crippen LogP contribution in [0.3, 0.4) is 0 Å². The molecule has 1 aliphatic rings. The fraction of sp³-hybridized carbons (Fsp3) is 0.900. The standard InChI is InChI=1S/C10H20N2O.H2/c1-9-4-3-6-12(8-9)7-5-11-10(2)13;/h9H,3-8H2,1-2H3,(H,11,13);1H/t9-;/m0./s1. The van der Waals surface area contributed by atoms with E-state index in [1.807, 2.05) is 0 Å². The van der Waals surface area contributed by atoms with E-state index in [0.29, 0.717) is 0 Å². The number of likely N-dealkylation sites (tertiary alicyclic amines) is 1. The SMILES string of the molecule is CC(=O)NCCN1CCC[C@H](C)C1.[HH]. The number of hydrogen-bond donors (Lipinski definition) is 1. The lowest BCUT2D eigenvalue weighted by Crippen LogP contribution is -2.39. The lowest BCUT2D eigenvalue weighted by atomic mass is 10.0. The van der Waals surface area contributed by atoms with Crippen molar-refractivity contribution in [1.29, 1.82) is 0 Å². The van der Waals surface area contributed by atoms with E-state index in [1.165, 1.54) is 25.9 Å². The van der Waals surface area contributed by atoms with Crippen molar-refractivity contribution in [2.45, 2.75) is 26.7 Å². The Labute approximate surface area is 82.0 Å². The zero-order valence-electron chi connectivity index (χ0n) is 8.68. The highest BCUT2D eigenvalue weighted by molar-refractivity contribution is 5.72. The number of nitrogens with zero attached hydrogens (tertiary/aromatic N) is 1. The summed E-state index contributed by atoms with van der Waals surface area (Å²) < 4.78 is 0. The molecule has 1 aliphatic heterocycles. The third-order valence-electron chi connectivity index (χ3n) is 2.54. The van der Waals surface area contributed by atoms with Crippen molar-refractivity contribution in [1.82, 2.24) is 10.2 Å². The van der Waals surface area contributed by atoms with Gasteiger partial charge in [0.2, 0.25) is 5.91 Å². The van der Waals surface area contributed by atoms with Crippen LogP contribution in [-0.4, -0.2) is 37.0 Å². The van der Waals surface area contributed by atoms with E-state index in [4.69, 9.17) is 0 Å². The van der Waals surface area contributed by atoms with Gasteiger partial charge < -0.3 is 10.2 Å². The maximum atomic E-state index is 10.6. The van der Waals surface area contributed by atoms with Gasteiger partial charge >= 0.3 is 0 Å². The predicted octanol–water partition coefficient (Wildman–Crippen LogP) is 1.10. The molecular formula is C10H22N2O. The zero-order valence-corrected chi connectivity index (χ0v) is 8.68. The Morgan fingerprint density at radius 1 is 1.69 bits per heavy atom. The number of piperidine rings is 1. The van der Waals surface area contributed by atoms with Crippen molar-refractivity contribution < 1.29 is 6.22 Å². The van der Waals surface area contributed by atoms with E-state index in [1.54, 1.807) is 6.92 Å². The van der Waals surface area contributed by atoms with Gasteiger partial charge in [-0.15, -0.1) is 0 Å². The van der Waals surface area contributed by atoms with Gasteiger partial charge in [-0.25, -0.2) is 0 Å². The van der Waals surface area contributed by atoms with Gasteiger partial charge in [0.1, 0.15) is 0 Å². The summed E-state index contributed by atoms with van der Waals surface area (Å²) in [5.41, 5.74) is 0. The van der Waals surface area contributed by atoms with E-state index < -0.39 is 0 Å². The largest absolute Gasteiger partial charge is 0.355 e. The second kappa shape index (κ2) is 5.22. The highest BCUT2D eigenvalue weighted by atomic mass is 16.1. The van der Waals surface area contributed by atoms with E-state index >= 15 is 0 Å². The summed E-state index contributed by atoms with van der Waals surface area (Å²) in [6.07, 6.45) is 2.66. The summed E-state index contributed by atoms with van der Waals surface area (Å²) in [7, 11) is 0. The van der Waals surface area contributed by atoms with Crippen molar-refractivity contribution in [2.24, 2.45) is 5.92 Å². The van der Waals surface area contributed by atoms with Crippen LogP contribution in [0.25, 0.3) is 0 Å². The van der Waals surface area contributed by atoms with Gasteiger partial charge in [-0.3, -0.25) is 4.79 Å². The smallest absolute Gasteiger partial charge is 0.216 e. The molecule has 1 amide bonds. The normalized spacial score (nSPS) is 24.3. The molecule has 1 fully saturated rings. The highest BCUT2D eigenvalue weighted by Crippen LogP contribution is 2.14. The van der Waals surface area contributed by atoms with E-state index in [2.05, 4.69) is 17.1 Å². The number of rotatable bonds is 3. The quantitative estimate of drug-likeness (QED) is 0.716. The second-order valence-corrected chi connectivity index (χ2v) is 4.03. The maximum absolute atomic E-state index is 10.6. The number of nitrogens with one attached hydrogen (secondary N) is 1. The monoisotopic (exact) mass is 186 g/mol. The molecule has 0 unspecified atom stereocenters. The molecule has 0 aromatic heterocycles. The van der Waals surface area contributed by atoms with Gasteiger partial charge in [-0.05, 0) is 25.3 Å². The molecule has 1 N–H and O–H groups in total. The summed E-state index contributed by atoms with van der Waals surface area (Å²) in [6.45, 7) is 8.05. The Morgan fingerprint density at radius 3 is 3.08 bits per heavy atom. The zero-order chi connectivity index (χ0) is 9.68. The Hall–Kier alpha value is -0.570. The summed E-state index contributed by atoms with van der Waals surface area (Å²) in [4.78, 5) is 13.1. The van der Waals surface area contributed by atoms with Crippen LogP contribution in [0, 0.1) is 5.92 Å². The number of amides is 1. The van der Waals surface area contributed by atoms with Crippen LogP contribution in [0.5, 0.6) is 0 Å². The molecule has 78 valence electrons. The minimum atomic E-state index is 0. The Kier molecular flexibility index (Phi) is 4.22. The molecule has 0 aromatic rings. The number of carbonyl (C=O) groups is 1. The van der Waals surface area contributed by atoms with E-state index in [0.717, 1.165) is 19.0 Å². The van der Waals surface area contributed by atoms with E-state index in [-0.39, 0.29) is 7.33 Å². The first-order chi connectivity index (χ1) is 6.18. The summed E-state index contributed by atoms with van der Waals surface area (Å²) in [5.74, 6) is 0.899. The van der Waals surface area contributed by atoms with Gasteiger partial charge in [0, 0.05) is 28.0 Å². The molecular weight excluding hydrogens is 164 g/mol. The molecule has 0 aliphatic carbocycles. The lowest BCUT2D eigenvalue weighted by molar-refractivity contribution is -0.119. The van der Waals surface area contributed by atoms with Crippen LogP contribution in [0.4, 0.5) is 0 Å². The molecule has 1 heterocycles. The van der Waals surface area contributed by atoms with Gasteiger partial charge in [0.25, 0.3) is 0 Å². The van der Waals surface area contributed by atoms with Crippen LogP contribution in [0.2, 0.25) is 0 Å². The summed E-state index contributed by atoms with van der Waals surface area (Å²) >= 11 is 0. The molecule has 0 saturated carbocycles. The van der Waals surface area contributed by atoms with Crippen molar-refractivity contribution in [3.05, 3.63) is 0 Å². The fourth-order valence-corrected chi connectivity index (χ4v) is 1.88. The first-order valence-electron chi connectivity index (χ1n) is 5.15. The summed E-state index contributed by atoms with van der Waals surface area (Å²) in [6, 6.07) is 0. The van der Waals surface area contributed by atoms with E-state index in [9.17, 15) is 4.79 Å². The molecule has 13 heavy (non-hydrogen) atoms. The Morgan fingerprint density at radius 2 is 2.46 bits per heavy atom. The first kappa shape index (κ1) is 10.5. The molecule has 1 rings (SSSR count). The minimum Gasteiger partial charge on any atom is -0.355 e. The van der Waals surface area contributed by atoms with Crippen LogP contribution in [0.15, 0.2) is 0 Å². The Balaban J connectivity index is 0.00000169. The predicted molar refractivity (Wildman–Crippen MR) is 55.6 cm³/mol. The fourth-order valence-electron chi connectivity index (χ4n) is 1.88. The molecule has 0 spiro atoms. The highest BCUT2D eigenvalue weighted by Gasteiger charge is 2.15. The molecule has 3 heteroatoms. The maximum Gasteiger partial charge on any atom is 0.216 e. The van der Waals surface area contributed by atoms with Gasteiger partial charge in [0.15, 0.2) is 0 Å². The van der Waals surface area contributed by atoms with Crippen molar-refractivity contribution in [3.8, 4) is 0 Å². The minimum absolute atomic E-state index is 0. The third-order valence-corrected chi connectivity index (χ3v) is 2.54. The second-order valence-electron chi connectivity index (χ2n) is 4.03. The van der Waals surface area contributed by atoms with Crippen LogP contribution in [0.1, 0.15) is 28.1 Å². The molecule has 0 bridgehead atoms. The summed E-state index contributed by atoms with van der Waals surface area (Å²) in [5, 5.41) is 2.83. The average Bonchev–Trinajstić information content (AvgIpc) is 2.03. The molecule has 0 radical (unpaired) electrons. The molecule has 0 aromatic carbocycles. The number of carbonyl (C=O) groups excluding carboxylic acids is 1. The molecule has 3 nitrogen and oxygen atoms in total. The Bertz CT molecular complexity index is 176. The molecule has 1 saturated heterocycles. The van der Waals surface area contributed by atoms with Crippen molar-refractivity contribution in [2.75, 3.05) is 26.2 Å². The average molecular weight is 186 g/mol. The first-order valence-corrected chi connectivity index (χ1v) is 5.15. The lowest BCUT2D eigenvalue weighted by Gasteiger charge is -2.30. The van der Waals surface area contributed by atoms with Gasteiger partial charge in [-0.1, -0.05) is 6.92 Å².